The van der Waals surface area contributed by atoms with E-state index in [1.807, 2.05) is 0 Å². The summed E-state index contributed by atoms with van der Waals surface area (Å²) in [6.07, 6.45) is -11.4. The van der Waals surface area contributed by atoms with Crippen molar-refractivity contribution < 1.29 is 85.6 Å². The lowest BCUT2D eigenvalue weighted by atomic mass is 9.97. The molecule has 3 aliphatic rings. The van der Waals surface area contributed by atoms with Gasteiger partial charge in [0.25, 0.3) is 5.97 Å². The molecule has 0 N–H and O–H groups in total. The zero-order valence-corrected chi connectivity index (χ0v) is 26.1. The van der Waals surface area contributed by atoms with Gasteiger partial charge in [0.2, 0.25) is 12.1 Å². The number of hydrogen-bond donors (Lipinski definition) is 0. The molecule has 10 atom stereocenters. The number of carbonyl (C=O) groups excluding carboxylic acids is 6. The molecule has 0 spiro atoms. The van der Waals surface area contributed by atoms with Crippen molar-refractivity contribution in [2.24, 2.45) is 0 Å². The SMILES string of the molecule is CO[C@@]1(C)OC[C@H]2O[C@H](O[C@]3(COC(C)=O)O[C@H](COC(C)=O)[C@@H](OC(C)=O)[C@@H]3OC(C)=O)[C@H](OC(C)=O)[C@@H](OC(C)=O)[C@@H]2O1. The van der Waals surface area contributed by atoms with Gasteiger partial charge in [-0.1, -0.05) is 0 Å². The molecule has 254 valence electrons. The van der Waals surface area contributed by atoms with Crippen molar-refractivity contribution in [1.29, 1.82) is 0 Å². The molecule has 0 aromatic rings. The van der Waals surface area contributed by atoms with Crippen LogP contribution in [0.2, 0.25) is 0 Å². The Balaban J connectivity index is 2.13. The van der Waals surface area contributed by atoms with Crippen molar-refractivity contribution in [3.8, 4) is 0 Å². The van der Waals surface area contributed by atoms with Gasteiger partial charge in [-0.05, 0) is 0 Å². The molecule has 0 aliphatic carbocycles. The lowest BCUT2D eigenvalue weighted by Crippen LogP contribution is -2.68. The first-order valence-electron chi connectivity index (χ1n) is 13.8. The number of methoxy groups -OCH3 is 1. The summed E-state index contributed by atoms with van der Waals surface area (Å²) in [6.45, 7) is 6.44. The second kappa shape index (κ2) is 14.8. The lowest BCUT2D eigenvalue weighted by molar-refractivity contribution is -0.458. The van der Waals surface area contributed by atoms with Crippen molar-refractivity contribution in [1.82, 2.24) is 0 Å². The number of rotatable bonds is 11. The summed E-state index contributed by atoms with van der Waals surface area (Å²) in [5.41, 5.74) is 0. The summed E-state index contributed by atoms with van der Waals surface area (Å²) in [5.74, 6) is -8.84. The highest BCUT2D eigenvalue weighted by Gasteiger charge is 2.65. The third kappa shape index (κ3) is 9.08. The molecule has 18 heteroatoms. The zero-order chi connectivity index (χ0) is 33.7. The number of fused-ring (bicyclic) bond motifs is 1. The molecule has 0 bridgehead atoms. The van der Waals surface area contributed by atoms with E-state index < -0.39 is 110 Å². The van der Waals surface area contributed by atoms with E-state index in [9.17, 15) is 28.8 Å². The summed E-state index contributed by atoms with van der Waals surface area (Å²) in [4.78, 5) is 72.6. The van der Waals surface area contributed by atoms with E-state index in [1.165, 1.54) is 14.0 Å². The summed E-state index contributed by atoms with van der Waals surface area (Å²) in [7, 11) is 1.32. The lowest BCUT2D eigenvalue weighted by Gasteiger charge is -2.51. The van der Waals surface area contributed by atoms with Crippen LogP contribution >= 0.6 is 0 Å². The second-order valence-electron chi connectivity index (χ2n) is 10.4. The maximum Gasteiger partial charge on any atom is 0.303 e. The van der Waals surface area contributed by atoms with Gasteiger partial charge >= 0.3 is 35.8 Å². The zero-order valence-electron chi connectivity index (χ0n) is 26.1. The molecule has 0 radical (unpaired) electrons. The number of ether oxygens (including phenoxy) is 12. The van der Waals surface area contributed by atoms with Crippen LogP contribution in [-0.4, -0.2) is 124 Å². The van der Waals surface area contributed by atoms with Crippen molar-refractivity contribution in [2.45, 2.75) is 109 Å². The highest BCUT2D eigenvalue weighted by atomic mass is 16.9. The molecule has 45 heavy (non-hydrogen) atoms. The molecule has 3 heterocycles. The summed E-state index contributed by atoms with van der Waals surface area (Å²) >= 11 is 0. The molecular weight excluding hydrogens is 612 g/mol. The third-order valence-electron chi connectivity index (χ3n) is 6.71. The van der Waals surface area contributed by atoms with Gasteiger partial charge < -0.3 is 56.8 Å². The fraction of sp³-hybridized carbons (Fsp3) is 0.778. The van der Waals surface area contributed by atoms with Crippen molar-refractivity contribution in [2.75, 3.05) is 26.9 Å². The van der Waals surface area contributed by atoms with Crippen LogP contribution in [0.1, 0.15) is 48.5 Å². The monoisotopic (exact) mass is 650 g/mol. The Kier molecular flexibility index (Phi) is 11.8. The Hall–Kier alpha value is -3.42. The van der Waals surface area contributed by atoms with E-state index in [4.69, 9.17) is 56.8 Å². The normalized spacial score (nSPS) is 35.7. The van der Waals surface area contributed by atoms with Gasteiger partial charge in [0, 0.05) is 55.6 Å². The Labute approximate surface area is 258 Å². The van der Waals surface area contributed by atoms with E-state index in [1.54, 1.807) is 0 Å². The average molecular weight is 651 g/mol. The Morgan fingerprint density at radius 3 is 1.80 bits per heavy atom. The quantitative estimate of drug-likeness (QED) is 0.202. The van der Waals surface area contributed by atoms with E-state index in [2.05, 4.69) is 0 Å². The van der Waals surface area contributed by atoms with E-state index in [0.29, 0.717) is 0 Å². The number of carbonyl (C=O) groups is 6. The maximum absolute atomic E-state index is 12.3. The molecule has 3 rings (SSSR count). The van der Waals surface area contributed by atoms with Crippen LogP contribution in [0.25, 0.3) is 0 Å². The smallest absolute Gasteiger partial charge is 0.303 e. The Morgan fingerprint density at radius 2 is 1.27 bits per heavy atom. The topological polar surface area (TPSA) is 213 Å². The number of hydrogen-bond acceptors (Lipinski definition) is 18. The Bertz CT molecular complexity index is 1140. The van der Waals surface area contributed by atoms with Gasteiger partial charge in [0.1, 0.15) is 31.5 Å². The van der Waals surface area contributed by atoms with Gasteiger partial charge in [0.05, 0.1) is 6.61 Å². The molecule has 0 aromatic heterocycles. The maximum atomic E-state index is 12.3. The molecule has 3 fully saturated rings. The average Bonchev–Trinajstić information content (AvgIpc) is 3.19. The van der Waals surface area contributed by atoms with E-state index >= 15 is 0 Å². The minimum atomic E-state index is -2.35. The van der Waals surface area contributed by atoms with Crippen LogP contribution in [0, 0.1) is 0 Å². The molecule has 0 amide bonds. The van der Waals surface area contributed by atoms with Gasteiger partial charge in [-0.25, -0.2) is 0 Å². The van der Waals surface area contributed by atoms with Crippen molar-refractivity contribution in [3.05, 3.63) is 0 Å². The number of esters is 6. The highest BCUT2D eigenvalue weighted by Crippen LogP contribution is 2.42. The molecule has 0 unspecified atom stereocenters. The summed E-state index contributed by atoms with van der Waals surface area (Å²) in [5, 5.41) is 0. The van der Waals surface area contributed by atoms with Gasteiger partial charge in [-0.3, -0.25) is 28.8 Å². The minimum Gasteiger partial charge on any atom is -0.463 e. The molecule has 0 aromatic carbocycles. The summed E-state index contributed by atoms with van der Waals surface area (Å²) in [6, 6.07) is 0. The first-order valence-corrected chi connectivity index (χ1v) is 13.8. The first kappa shape index (κ1) is 36.1. The molecule has 18 nitrogen and oxygen atoms in total. The molecule has 3 aliphatic heterocycles. The third-order valence-corrected chi connectivity index (χ3v) is 6.71. The molecule has 0 saturated carbocycles. The van der Waals surface area contributed by atoms with Crippen LogP contribution in [0.5, 0.6) is 0 Å². The van der Waals surface area contributed by atoms with Crippen molar-refractivity contribution in [3.63, 3.8) is 0 Å². The standard InChI is InChI=1S/C27H38O18/c1-12(28)35-9-19-21(38-14(3)30)24(41-17(6)33)27(43-19,11-36-13(2)29)45-25-23(40-16(5)32)22(39-15(4)31)20-18(42-25)10-37-26(7,34-8)44-20/h18-25H,9-11H2,1-8H3/t18-,19-,20-,21-,22+,23-,24+,25-,26+,27+/m1/s1. The van der Waals surface area contributed by atoms with Gasteiger partial charge in [0.15, 0.2) is 24.4 Å². The van der Waals surface area contributed by atoms with Crippen molar-refractivity contribution >= 4 is 35.8 Å². The van der Waals surface area contributed by atoms with Crippen LogP contribution in [-0.2, 0) is 85.6 Å². The van der Waals surface area contributed by atoms with Gasteiger partial charge in [-0.15, -0.1) is 0 Å². The summed E-state index contributed by atoms with van der Waals surface area (Å²) < 4.78 is 67.5. The predicted octanol–water partition coefficient (Wildman–Crippen LogP) is -0.588. The van der Waals surface area contributed by atoms with Crippen LogP contribution in [0.3, 0.4) is 0 Å². The van der Waals surface area contributed by atoms with Crippen LogP contribution in [0.15, 0.2) is 0 Å². The fourth-order valence-corrected chi connectivity index (χ4v) is 4.99. The fourth-order valence-electron chi connectivity index (χ4n) is 4.99. The first-order chi connectivity index (χ1) is 21.0. The highest BCUT2D eigenvalue weighted by molar-refractivity contribution is 5.69. The van der Waals surface area contributed by atoms with E-state index in [0.717, 1.165) is 41.5 Å². The predicted molar refractivity (Wildman–Crippen MR) is 139 cm³/mol. The Morgan fingerprint density at radius 1 is 0.711 bits per heavy atom. The molecule has 3 saturated heterocycles. The second-order valence-corrected chi connectivity index (χ2v) is 10.4. The van der Waals surface area contributed by atoms with Gasteiger partial charge in [-0.2, -0.15) is 0 Å². The van der Waals surface area contributed by atoms with E-state index in [-0.39, 0.29) is 6.61 Å². The largest absolute Gasteiger partial charge is 0.463 e. The molecular formula is C27H38O18. The minimum absolute atomic E-state index is 0.199. The van der Waals surface area contributed by atoms with Crippen LogP contribution < -0.4 is 0 Å². The van der Waals surface area contributed by atoms with Crippen LogP contribution in [0.4, 0.5) is 0 Å².